The van der Waals surface area contributed by atoms with Gasteiger partial charge in [-0.3, -0.25) is 9.69 Å². The van der Waals surface area contributed by atoms with E-state index >= 15 is 0 Å². The van der Waals surface area contributed by atoms with Crippen LogP contribution >= 0.6 is 0 Å². The van der Waals surface area contributed by atoms with Crippen LogP contribution in [0.5, 0.6) is 5.75 Å². The maximum Gasteiger partial charge on any atom is 0.253 e. The van der Waals surface area contributed by atoms with Gasteiger partial charge in [-0.05, 0) is 39.6 Å². The van der Waals surface area contributed by atoms with Crippen molar-refractivity contribution in [3.8, 4) is 5.75 Å². The Morgan fingerprint density at radius 3 is 2.72 bits per heavy atom. The molecular formula is C23H24N6O3. The largest absolute Gasteiger partial charge is 0.497 e. The molecular weight excluding hydrogens is 408 g/mol. The number of H-pyrrole nitrogens is 1. The van der Waals surface area contributed by atoms with Crippen LogP contribution in [0.15, 0.2) is 59.4 Å². The van der Waals surface area contributed by atoms with Crippen LogP contribution in [0.3, 0.4) is 0 Å². The molecule has 32 heavy (non-hydrogen) atoms. The van der Waals surface area contributed by atoms with Crippen molar-refractivity contribution in [3.63, 3.8) is 0 Å². The van der Waals surface area contributed by atoms with Crippen molar-refractivity contribution in [1.29, 1.82) is 0 Å². The number of pyridine rings is 1. The Bertz CT molecular complexity index is 1260. The van der Waals surface area contributed by atoms with Crippen LogP contribution in [-0.4, -0.2) is 63.5 Å². The molecule has 1 atom stereocenters. The molecule has 3 heterocycles. The maximum absolute atomic E-state index is 13.2. The number of morpholine rings is 1. The molecule has 2 aromatic carbocycles. The molecule has 164 valence electrons. The summed E-state index contributed by atoms with van der Waals surface area (Å²) in [5, 5.41) is 13.5. The normalized spacial score (nSPS) is 15.7. The highest BCUT2D eigenvalue weighted by atomic mass is 16.5. The lowest BCUT2D eigenvalue weighted by molar-refractivity contribution is 0.0214. The number of hydrogen-bond acceptors (Lipinski definition) is 7. The van der Waals surface area contributed by atoms with Crippen molar-refractivity contribution in [2.75, 3.05) is 33.4 Å². The minimum absolute atomic E-state index is 0.170. The monoisotopic (exact) mass is 432 g/mol. The molecule has 0 bridgehead atoms. The fourth-order valence-electron chi connectivity index (χ4n) is 4.14. The van der Waals surface area contributed by atoms with Crippen LogP contribution in [0.2, 0.25) is 0 Å². The Morgan fingerprint density at radius 2 is 1.94 bits per heavy atom. The van der Waals surface area contributed by atoms with E-state index in [9.17, 15) is 4.79 Å². The summed E-state index contributed by atoms with van der Waals surface area (Å²) in [7, 11) is 1.61. The van der Waals surface area contributed by atoms with E-state index in [1.54, 1.807) is 11.8 Å². The van der Waals surface area contributed by atoms with E-state index in [1.807, 2.05) is 54.6 Å². The first-order chi connectivity index (χ1) is 15.7. The number of aromatic nitrogens is 5. The van der Waals surface area contributed by atoms with E-state index in [2.05, 4.69) is 25.4 Å². The highest BCUT2D eigenvalue weighted by molar-refractivity contribution is 5.80. The molecule has 0 radical (unpaired) electrons. The van der Waals surface area contributed by atoms with Crippen molar-refractivity contribution < 1.29 is 9.47 Å². The number of tetrazole rings is 1. The van der Waals surface area contributed by atoms with Crippen molar-refractivity contribution in [2.45, 2.75) is 12.6 Å². The van der Waals surface area contributed by atoms with Gasteiger partial charge >= 0.3 is 0 Å². The first-order valence-electron chi connectivity index (χ1n) is 10.6. The summed E-state index contributed by atoms with van der Waals surface area (Å²) >= 11 is 0. The standard InChI is InChI=1S/C23H24N6O3/c1-31-18-8-7-17-13-19(23(30)24-20(17)14-18)21(28-9-11-32-12-10-28)22-25-26-27-29(22)15-16-5-3-2-4-6-16/h2-8,13-14,21H,9-12,15H2,1H3,(H,24,30). The number of aromatic amines is 1. The zero-order valence-electron chi connectivity index (χ0n) is 17.8. The molecule has 5 rings (SSSR count). The van der Waals surface area contributed by atoms with Gasteiger partial charge in [0.2, 0.25) is 0 Å². The van der Waals surface area contributed by atoms with Crippen molar-refractivity contribution in [3.05, 3.63) is 81.9 Å². The average Bonchev–Trinajstić information content (AvgIpc) is 3.28. The van der Waals surface area contributed by atoms with E-state index in [0.29, 0.717) is 50.0 Å². The lowest BCUT2D eigenvalue weighted by Crippen LogP contribution is -2.42. The third kappa shape index (κ3) is 4.00. The average molecular weight is 432 g/mol. The molecule has 2 aromatic heterocycles. The molecule has 0 aliphatic carbocycles. The van der Waals surface area contributed by atoms with Crippen molar-refractivity contribution in [2.24, 2.45) is 0 Å². The van der Waals surface area contributed by atoms with Gasteiger partial charge in [0.1, 0.15) is 11.8 Å². The van der Waals surface area contributed by atoms with Gasteiger partial charge < -0.3 is 14.5 Å². The zero-order valence-corrected chi connectivity index (χ0v) is 17.8. The summed E-state index contributed by atoms with van der Waals surface area (Å²) < 4.78 is 12.6. The molecule has 9 heteroatoms. The summed E-state index contributed by atoms with van der Waals surface area (Å²) in [6.07, 6.45) is 0. The number of rotatable bonds is 6. The zero-order chi connectivity index (χ0) is 21.9. The van der Waals surface area contributed by atoms with Crippen LogP contribution in [0.4, 0.5) is 0 Å². The smallest absolute Gasteiger partial charge is 0.253 e. The third-order valence-corrected chi connectivity index (χ3v) is 5.77. The van der Waals surface area contributed by atoms with Gasteiger partial charge in [-0.2, -0.15) is 0 Å². The van der Waals surface area contributed by atoms with E-state index in [4.69, 9.17) is 9.47 Å². The van der Waals surface area contributed by atoms with Gasteiger partial charge in [0.25, 0.3) is 5.56 Å². The summed E-state index contributed by atoms with van der Waals surface area (Å²) in [4.78, 5) is 18.5. The number of benzene rings is 2. The number of nitrogens with one attached hydrogen (secondary N) is 1. The van der Waals surface area contributed by atoms with Gasteiger partial charge in [0.05, 0.1) is 32.4 Å². The highest BCUT2D eigenvalue weighted by Gasteiger charge is 2.31. The minimum Gasteiger partial charge on any atom is -0.497 e. The molecule has 0 amide bonds. The molecule has 1 aliphatic rings. The Kier molecular flexibility index (Phi) is 5.66. The number of nitrogens with zero attached hydrogens (tertiary/aromatic N) is 5. The van der Waals surface area contributed by atoms with E-state index in [1.165, 1.54) is 0 Å². The topological polar surface area (TPSA) is 98.2 Å². The van der Waals surface area contributed by atoms with Gasteiger partial charge in [-0.1, -0.05) is 30.3 Å². The molecule has 1 N–H and O–H groups in total. The highest BCUT2D eigenvalue weighted by Crippen LogP contribution is 2.28. The number of ether oxygens (including phenoxy) is 2. The minimum atomic E-state index is -0.395. The lowest BCUT2D eigenvalue weighted by Gasteiger charge is -2.33. The lowest BCUT2D eigenvalue weighted by atomic mass is 10.0. The van der Waals surface area contributed by atoms with Gasteiger partial charge in [-0.15, -0.1) is 5.10 Å². The van der Waals surface area contributed by atoms with Crippen LogP contribution in [-0.2, 0) is 11.3 Å². The second-order valence-corrected chi connectivity index (χ2v) is 7.74. The first-order valence-corrected chi connectivity index (χ1v) is 10.6. The van der Waals surface area contributed by atoms with Crippen molar-refractivity contribution in [1.82, 2.24) is 30.1 Å². The molecule has 0 saturated carbocycles. The Balaban J connectivity index is 1.61. The number of hydrogen-bond donors (Lipinski definition) is 1. The Morgan fingerprint density at radius 1 is 1.12 bits per heavy atom. The van der Waals surface area contributed by atoms with E-state index in [0.717, 1.165) is 16.5 Å². The molecule has 4 aromatic rings. The summed E-state index contributed by atoms with van der Waals surface area (Å²) in [5.41, 5.74) is 2.24. The molecule has 9 nitrogen and oxygen atoms in total. The van der Waals surface area contributed by atoms with E-state index < -0.39 is 6.04 Å². The van der Waals surface area contributed by atoms with Crippen LogP contribution < -0.4 is 10.3 Å². The quantitative estimate of drug-likeness (QED) is 0.498. The first kappa shape index (κ1) is 20.3. The Hall–Kier alpha value is -3.56. The number of methoxy groups -OCH3 is 1. The fraction of sp³-hybridized carbons (Fsp3) is 0.304. The maximum atomic E-state index is 13.2. The second-order valence-electron chi connectivity index (χ2n) is 7.74. The Labute approximate surface area is 184 Å². The predicted molar refractivity (Wildman–Crippen MR) is 119 cm³/mol. The molecule has 1 aliphatic heterocycles. The summed E-state index contributed by atoms with van der Waals surface area (Å²) in [6, 6.07) is 17.2. The SMILES string of the molecule is COc1ccc2cc(C(c3nnnn3Cc3ccccc3)N3CCOCC3)c(=O)[nH]c2c1. The van der Waals surface area contributed by atoms with Crippen LogP contribution in [0, 0.1) is 0 Å². The predicted octanol–water partition coefficient (Wildman–Crippen LogP) is 1.99. The second kappa shape index (κ2) is 8.89. The van der Waals surface area contributed by atoms with Gasteiger partial charge in [0.15, 0.2) is 5.82 Å². The molecule has 1 saturated heterocycles. The summed E-state index contributed by atoms with van der Waals surface area (Å²) in [6.45, 7) is 3.08. The third-order valence-electron chi connectivity index (χ3n) is 5.77. The van der Waals surface area contributed by atoms with Gasteiger partial charge in [-0.25, -0.2) is 4.68 Å². The van der Waals surface area contributed by atoms with E-state index in [-0.39, 0.29) is 5.56 Å². The van der Waals surface area contributed by atoms with Crippen LogP contribution in [0.25, 0.3) is 10.9 Å². The molecule has 1 fully saturated rings. The molecule has 1 unspecified atom stereocenters. The fourth-order valence-corrected chi connectivity index (χ4v) is 4.14. The van der Waals surface area contributed by atoms with Crippen molar-refractivity contribution >= 4 is 10.9 Å². The van der Waals surface area contributed by atoms with Crippen LogP contribution in [0.1, 0.15) is 23.0 Å². The van der Waals surface area contributed by atoms with Gasteiger partial charge in [0, 0.05) is 24.7 Å². The molecule has 0 spiro atoms. The summed E-state index contributed by atoms with van der Waals surface area (Å²) in [5.74, 6) is 1.33. The number of fused-ring (bicyclic) bond motifs is 1.